The quantitative estimate of drug-likeness (QED) is 0.614. The molecule has 0 atom stereocenters. The van der Waals surface area contributed by atoms with Gasteiger partial charge in [-0.3, -0.25) is 0 Å². The van der Waals surface area contributed by atoms with Crippen LogP contribution in [0.4, 0.5) is 11.5 Å². The topological polar surface area (TPSA) is 55.0 Å². The molecule has 1 aromatic heterocycles. The number of nitrogen functional groups attached to an aromatic ring is 1. The summed E-state index contributed by atoms with van der Waals surface area (Å²) in [6, 6.07) is 8.21. The summed E-state index contributed by atoms with van der Waals surface area (Å²) in [5.74, 6) is 0.508. The first-order valence-electron chi connectivity index (χ1n) is 5.29. The molecule has 0 saturated heterocycles. The van der Waals surface area contributed by atoms with Crippen LogP contribution in [0.25, 0.3) is 0 Å². The minimum absolute atomic E-state index is 0.508. The highest BCUT2D eigenvalue weighted by atomic mass is 127. The Morgan fingerprint density at radius 2 is 1.94 bits per heavy atom. The number of hydrogen-bond donors (Lipinski definition) is 1. The van der Waals surface area contributed by atoms with Crippen LogP contribution in [0.5, 0.6) is 0 Å². The van der Waals surface area contributed by atoms with Crippen molar-refractivity contribution in [3.8, 4) is 0 Å². The summed E-state index contributed by atoms with van der Waals surface area (Å²) in [4.78, 5) is 10.2. The van der Waals surface area contributed by atoms with Crippen LogP contribution in [0.3, 0.4) is 0 Å². The van der Waals surface area contributed by atoms with Crippen LogP contribution >= 0.6 is 38.5 Å². The number of aromatic nitrogens is 2. The van der Waals surface area contributed by atoms with Crippen molar-refractivity contribution in [2.24, 2.45) is 0 Å². The third-order valence-electron chi connectivity index (χ3n) is 2.52. The van der Waals surface area contributed by atoms with Crippen molar-refractivity contribution in [3.63, 3.8) is 0 Å². The normalized spacial score (nSPS) is 10.4. The number of hydrogen-bond acceptors (Lipinski definition) is 4. The fourth-order valence-corrected chi connectivity index (χ4v) is 2.74. The second-order valence-corrected chi connectivity index (χ2v) is 5.82. The molecule has 1 aromatic carbocycles. The molecule has 0 aliphatic heterocycles. The van der Waals surface area contributed by atoms with Crippen LogP contribution in [0.15, 0.2) is 35.1 Å². The molecule has 0 aliphatic rings. The van der Waals surface area contributed by atoms with Crippen LogP contribution < -0.4 is 10.6 Å². The zero-order valence-electron chi connectivity index (χ0n) is 9.77. The lowest BCUT2D eigenvalue weighted by atomic mass is 10.2. The molecule has 0 radical (unpaired) electrons. The Kier molecular flexibility index (Phi) is 4.39. The largest absolute Gasteiger partial charge is 0.382 e. The summed E-state index contributed by atoms with van der Waals surface area (Å²) in [5.41, 5.74) is 7.98. The van der Waals surface area contributed by atoms with E-state index in [1.54, 1.807) is 0 Å². The summed E-state index contributed by atoms with van der Waals surface area (Å²) in [6.07, 6.45) is 1.48. The molecule has 1 heterocycles. The predicted octanol–water partition coefficient (Wildman–Crippen LogP) is 3.06. The Bertz CT molecular complexity index is 524. The van der Waals surface area contributed by atoms with Crippen LogP contribution in [-0.2, 0) is 6.54 Å². The van der Waals surface area contributed by atoms with Gasteiger partial charge in [-0.1, -0.05) is 28.1 Å². The van der Waals surface area contributed by atoms with Crippen molar-refractivity contribution in [2.75, 3.05) is 17.7 Å². The second-order valence-electron chi connectivity index (χ2n) is 3.88. The second kappa shape index (κ2) is 5.83. The first kappa shape index (κ1) is 13.5. The standard InChI is InChI=1S/C12H12BrIN4/c1-18(6-8-2-4-9(13)5-3-8)10-11(14)16-7-17-12(10)15/h2-5,7H,6H2,1H3,(H2,15,16,17). The number of rotatable bonds is 3. The van der Waals surface area contributed by atoms with Crippen molar-refractivity contribution < 1.29 is 0 Å². The van der Waals surface area contributed by atoms with Crippen molar-refractivity contribution in [1.29, 1.82) is 0 Å². The molecule has 6 heteroatoms. The van der Waals surface area contributed by atoms with E-state index >= 15 is 0 Å². The van der Waals surface area contributed by atoms with E-state index in [4.69, 9.17) is 5.73 Å². The van der Waals surface area contributed by atoms with Gasteiger partial charge in [0.25, 0.3) is 0 Å². The minimum Gasteiger partial charge on any atom is -0.382 e. The third-order valence-corrected chi connectivity index (χ3v) is 3.84. The zero-order chi connectivity index (χ0) is 13.1. The van der Waals surface area contributed by atoms with Crippen molar-refractivity contribution in [2.45, 2.75) is 6.54 Å². The van der Waals surface area contributed by atoms with E-state index in [1.165, 1.54) is 11.9 Å². The maximum atomic E-state index is 5.89. The third kappa shape index (κ3) is 3.11. The first-order chi connectivity index (χ1) is 8.58. The Balaban J connectivity index is 2.22. The van der Waals surface area contributed by atoms with E-state index in [9.17, 15) is 0 Å². The summed E-state index contributed by atoms with van der Waals surface area (Å²) < 4.78 is 1.94. The van der Waals surface area contributed by atoms with Gasteiger partial charge in [-0.2, -0.15) is 0 Å². The number of halogens is 2. The van der Waals surface area contributed by atoms with Gasteiger partial charge in [0.05, 0.1) is 0 Å². The van der Waals surface area contributed by atoms with E-state index in [0.29, 0.717) is 5.82 Å². The van der Waals surface area contributed by atoms with Gasteiger partial charge in [-0.25, -0.2) is 9.97 Å². The highest BCUT2D eigenvalue weighted by molar-refractivity contribution is 14.1. The van der Waals surface area contributed by atoms with Gasteiger partial charge >= 0.3 is 0 Å². The van der Waals surface area contributed by atoms with E-state index in [2.05, 4.69) is 65.5 Å². The Morgan fingerprint density at radius 1 is 1.28 bits per heavy atom. The fourth-order valence-electron chi connectivity index (χ4n) is 1.67. The molecule has 0 saturated carbocycles. The maximum Gasteiger partial charge on any atom is 0.151 e. The molecular weight excluding hydrogens is 407 g/mol. The Labute approximate surface area is 128 Å². The van der Waals surface area contributed by atoms with E-state index < -0.39 is 0 Å². The van der Waals surface area contributed by atoms with Crippen LogP contribution in [0.1, 0.15) is 5.56 Å². The monoisotopic (exact) mass is 418 g/mol. The molecule has 2 N–H and O–H groups in total. The Morgan fingerprint density at radius 3 is 2.56 bits per heavy atom. The summed E-state index contributed by atoms with van der Waals surface area (Å²) >= 11 is 5.59. The smallest absolute Gasteiger partial charge is 0.151 e. The van der Waals surface area contributed by atoms with Gasteiger partial charge in [0.15, 0.2) is 5.82 Å². The number of anilines is 2. The lowest BCUT2D eigenvalue weighted by Gasteiger charge is -2.21. The molecular formula is C12H12BrIN4. The Hall–Kier alpha value is -0.890. The van der Waals surface area contributed by atoms with E-state index in [-0.39, 0.29) is 0 Å². The number of benzene rings is 1. The van der Waals surface area contributed by atoms with E-state index in [0.717, 1.165) is 20.4 Å². The summed E-state index contributed by atoms with van der Waals surface area (Å²) in [5, 5.41) is 0. The highest BCUT2D eigenvalue weighted by Gasteiger charge is 2.12. The fraction of sp³-hybridized carbons (Fsp3) is 0.167. The first-order valence-corrected chi connectivity index (χ1v) is 7.16. The molecule has 0 aliphatic carbocycles. The van der Waals surface area contributed by atoms with Gasteiger partial charge in [-0.05, 0) is 40.3 Å². The lowest BCUT2D eigenvalue weighted by molar-refractivity contribution is 0.905. The predicted molar refractivity (Wildman–Crippen MR) is 85.4 cm³/mol. The van der Waals surface area contributed by atoms with Crippen LogP contribution in [0.2, 0.25) is 0 Å². The molecule has 0 spiro atoms. The van der Waals surface area contributed by atoms with Crippen molar-refractivity contribution in [1.82, 2.24) is 9.97 Å². The zero-order valence-corrected chi connectivity index (χ0v) is 13.5. The molecule has 0 amide bonds. The molecule has 94 valence electrons. The van der Waals surface area contributed by atoms with Crippen molar-refractivity contribution in [3.05, 3.63) is 44.3 Å². The summed E-state index contributed by atoms with van der Waals surface area (Å²) in [7, 11) is 1.99. The van der Waals surface area contributed by atoms with Crippen LogP contribution in [-0.4, -0.2) is 17.0 Å². The van der Waals surface area contributed by atoms with Gasteiger partial charge in [0.2, 0.25) is 0 Å². The maximum absolute atomic E-state index is 5.89. The van der Waals surface area contributed by atoms with Gasteiger partial charge in [0, 0.05) is 18.1 Å². The average molecular weight is 419 g/mol. The average Bonchev–Trinajstić information content (AvgIpc) is 2.32. The SMILES string of the molecule is CN(Cc1ccc(Br)cc1)c1c(N)ncnc1I. The highest BCUT2D eigenvalue weighted by Crippen LogP contribution is 2.26. The minimum atomic E-state index is 0.508. The molecule has 4 nitrogen and oxygen atoms in total. The van der Waals surface area contributed by atoms with Gasteiger partial charge in [-0.15, -0.1) is 0 Å². The molecule has 0 fully saturated rings. The van der Waals surface area contributed by atoms with E-state index in [1.807, 2.05) is 19.2 Å². The van der Waals surface area contributed by atoms with Crippen LogP contribution in [0, 0.1) is 3.70 Å². The molecule has 2 rings (SSSR count). The lowest BCUT2D eigenvalue weighted by Crippen LogP contribution is -2.20. The van der Waals surface area contributed by atoms with Gasteiger partial charge < -0.3 is 10.6 Å². The summed E-state index contributed by atoms with van der Waals surface area (Å²) in [6.45, 7) is 0.765. The number of nitrogens with zero attached hydrogens (tertiary/aromatic N) is 3. The van der Waals surface area contributed by atoms with Crippen molar-refractivity contribution >= 4 is 50.0 Å². The number of nitrogens with two attached hydrogens (primary N) is 1. The molecule has 2 aromatic rings. The molecule has 0 bridgehead atoms. The molecule has 18 heavy (non-hydrogen) atoms. The van der Waals surface area contributed by atoms with Gasteiger partial charge in [0.1, 0.15) is 15.7 Å². The molecule has 0 unspecified atom stereocenters.